The van der Waals surface area contributed by atoms with Crippen LogP contribution in [0.2, 0.25) is 0 Å². The Labute approximate surface area is 186 Å². The molecule has 2 aromatic heterocycles. The summed E-state index contributed by atoms with van der Waals surface area (Å²) in [7, 11) is 0. The van der Waals surface area contributed by atoms with Crippen LogP contribution in [0.5, 0.6) is 5.75 Å². The van der Waals surface area contributed by atoms with E-state index in [4.69, 9.17) is 4.74 Å². The number of benzene rings is 1. The Hall–Kier alpha value is -3.81. The van der Waals surface area contributed by atoms with Crippen LogP contribution in [0.15, 0.2) is 61.1 Å². The first-order valence-corrected chi connectivity index (χ1v) is 10.8. The van der Waals surface area contributed by atoms with Gasteiger partial charge in [0.15, 0.2) is 0 Å². The number of nitrogens with one attached hydrogen (secondary N) is 2. The summed E-state index contributed by atoms with van der Waals surface area (Å²) in [5, 5.41) is 2.95. The van der Waals surface area contributed by atoms with Crippen molar-refractivity contribution in [3.8, 4) is 5.75 Å². The maximum atomic E-state index is 12.6. The van der Waals surface area contributed by atoms with Crippen LogP contribution >= 0.6 is 0 Å². The molecule has 3 aromatic rings. The zero-order valence-electron chi connectivity index (χ0n) is 17.7. The predicted molar refractivity (Wildman–Crippen MR) is 119 cm³/mol. The first kappa shape index (κ1) is 20.1. The van der Waals surface area contributed by atoms with Gasteiger partial charge < -0.3 is 24.8 Å². The molecule has 32 heavy (non-hydrogen) atoms. The molecule has 0 radical (unpaired) electrons. The molecular weight excluding hydrogens is 406 g/mol. The van der Waals surface area contributed by atoms with E-state index in [9.17, 15) is 9.59 Å². The van der Waals surface area contributed by atoms with Crippen LogP contribution in [0, 0.1) is 0 Å². The summed E-state index contributed by atoms with van der Waals surface area (Å²) in [4.78, 5) is 35.7. The van der Waals surface area contributed by atoms with Crippen LogP contribution < -0.4 is 10.1 Å². The molecule has 3 amide bonds. The minimum Gasteiger partial charge on any atom is -0.490 e. The minimum absolute atomic E-state index is 0.0332. The van der Waals surface area contributed by atoms with Crippen molar-refractivity contribution in [1.82, 2.24) is 19.8 Å². The topological polar surface area (TPSA) is 90.6 Å². The number of nitrogens with zero attached hydrogens (tertiary/aromatic N) is 3. The zero-order chi connectivity index (χ0) is 21.9. The molecule has 4 heterocycles. The summed E-state index contributed by atoms with van der Waals surface area (Å²) < 4.78 is 6.10. The van der Waals surface area contributed by atoms with Gasteiger partial charge in [-0.3, -0.25) is 9.78 Å². The lowest BCUT2D eigenvalue weighted by atomic mass is 10.1. The number of carbonyl (C=O) groups is 2. The molecule has 1 fully saturated rings. The van der Waals surface area contributed by atoms with Gasteiger partial charge in [-0.05, 0) is 53.6 Å². The first-order chi connectivity index (χ1) is 15.7. The average Bonchev–Trinajstić information content (AvgIpc) is 3.51. The van der Waals surface area contributed by atoms with Gasteiger partial charge in [-0.1, -0.05) is 0 Å². The van der Waals surface area contributed by atoms with Gasteiger partial charge >= 0.3 is 6.03 Å². The van der Waals surface area contributed by atoms with Crippen molar-refractivity contribution in [3.05, 3.63) is 77.9 Å². The maximum Gasteiger partial charge on any atom is 0.322 e. The summed E-state index contributed by atoms with van der Waals surface area (Å²) in [6.07, 6.45) is 6.97. The fraction of sp³-hybridized carbons (Fsp3) is 0.292. The highest BCUT2D eigenvalue weighted by atomic mass is 16.5. The van der Waals surface area contributed by atoms with Crippen LogP contribution in [0.25, 0.3) is 0 Å². The lowest BCUT2D eigenvalue weighted by Crippen LogP contribution is -2.41. The van der Waals surface area contributed by atoms with Crippen molar-refractivity contribution in [2.75, 3.05) is 18.4 Å². The standard InChI is InChI=1S/C24H25N5O3/c30-23(22-2-1-10-26-22)28-12-8-21(9-13-28)32-20-5-3-19(4-6-20)27-24(31)29-15-17-7-11-25-14-18(17)16-29/h1-7,10-11,14,21,26H,8-9,12-13,15-16H2,(H,27,31). The molecule has 0 atom stereocenters. The number of hydrogen-bond acceptors (Lipinski definition) is 4. The molecule has 5 rings (SSSR count). The second-order valence-corrected chi connectivity index (χ2v) is 8.15. The van der Waals surface area contributed by atoms with Gasteiger partial charge in [-0.2, -0.15) is 0 Å². The smallest absolute Gasteiger partial charge is 0.322 e. The summed E-state index contributed by atoms with van der Waals surface area (Å²) in [5.74, 6) is 0.794. The Morgan fingerprint density at radius 3 is 2.50 bits per heavy atom. The maximum absolute atomic E-state index is 12.6. The number of urea groups is 1. The number of H-pyrrole nitrogens is 1. The molecule has 8 nitrogen and oxygen atoms in total. The van der Waals surface area contributed by atoms with Crippen LogP contribution in [0.1, 0.15) is 34.5 Å². The molecule has 1 saturated heterocycles. The number of piperidine rings is 1. The first-order valence-electron chi connectivity index (χ1n) is 10.8. The van der Waals surface area contributed by atoms with E-state index in [2.05, 4.69) is 15.3 Å². The number of likely N-dealkylation sites (tertiary alicyclic amines) is 1. The molecule has 0 spiro atoms. The van der Waals surface area contributed by atoms with Gasteiger partial charge in [0.25, 0.3) is 5.91 Å². The van der Waals surface area contributed by atoms with Gasteiger partial charge in [0.05, 0.1) is 0 Å². The highest BCUT2D eigenvalue weighted by molar-refractivity contribution is 5.92. The van der Waals surface area contributed by atoms with Crippen LogP contribution in [-0.2, 0) is 13.1 Å². The summed E-state index contributed by atoms with van der Waals surface area (Å²) in [6, 6.07) is 12.9. The Bertz CT molecular complexity index is 1060. The number of rotatable bonds is 4. The highest BCUT2D eigenvalue weighted by Crippen LogP contribution is 2.24. The van der Waals surface area contributed by atoms with Gasteiger partial charge in [0.2, 0.25) is 0 Å². The molecule has 2 N–H and O–H groups in total. The van der Waals surface area contributed by atoms with Crippen molar-refractivity contribution in [1.29, 1.82) is 0 Å². The number of carbonyl (C=O) groups excluding carboxylic acids is 2. The number of hydrogen-bond donors (Lipinski definition) is 2. The molecule has 1 aromatic carbocycles. The summed E-state index contributed by atoms with van der Waals surface area (Å²) in [6.45, 7) is 2.51. The Morgan fingerprint density at radius 2 is 1.78 bits per heavy atom. The number of aromatic amines is 1. The van der Waals surface area contributed by atoms with Crippen molar-refractivity contribution < 1.29 is 14.3 Å². The van der Waals surface area contributed by atoms with E-state index < -0.39 is 0 Å². The van der Waals surface area contributed by atoms with Gasteiger partial charge in [-0.25, -0.2) is 4.79 Å². The monoisotopic (exact) mass is 431 g/mol. The third kappa shape index (κ3) is 4.30. The lowest BCUT2D eigenvalue weighted by molar-refractivity contribution is 0.0591. The van der Waals surface area contributed by atoms with E-state index in [1.54, 1.807) is 23.4 Å². The second kappa shape index (κ2) is 8.74. The normalized spacial score (nSPS) is 16.0. The predicted octanol–water partition coefficient (Wildman–Crippen LogP) is 3.64. The fourth-order valence-electron chi connectivity index (χ4n) is 4.19. The quantitative estimate of drug-likeness (QED) is 0.660. The minimum atomic E-state index is -0.131. The zero-order valence-corrected chi connectivity index (χ0v) is 17.7. The van der Waals surface area contributed by atoms with Crippen LogP contribution in [-0.4, -0.2) is 50.9 Å². The van der Waals surface area contributed by atoms with Crippen LogP contribution in [0.4, 0.5) is 10.5 Å². The van der Waals surface area contributed by atoms with Crippen LogP contribution in [0.3, 0.4) is 0 Å². The molecular formula is C24H25N5O3. The lowest BCUT2D eigenvalue weighted by Gasteiger charge is -2.32. The Morgan fingerprint density at radius 1 is 1.00 bits per heavy atom. The Balaban J connectivity index is 1.10. The molecule has 0 bridgehead atoms. The van der Waals surface area contributed by atoms with E-state index in [0.717, 1.165) is 35.4 Å². The van der Waals surface area contributed by atoms with Crippen molar-refractivity contribution >= 4 is 17.6 Å². The molecule has 0 unspecified atom stereocenters. The third-order valence-corrected chi connectivity index (χ3v) is 5.98. The number of anilines is 1. The number of amides is 3. The van der Waals surface area contributed by atoms with E-state index in [1.807, 2.05) is 47.5 Å². The highest BCUT2D eigenvalue weighted by Gasteiger charge is 2.25. The largest absolute Gasteiger partial charge is 0.490 e. The number of aromatic nitrogens is 2. The van der Waals surface area contributed by atoms with E-state index in [1.165, 1.54) is 0 Å². The number of pyridine rings is 1. The van der Waals surface area contributed by atoms with E-state index >= 15 is 0 Å². The van der Waals surface area contributed by atoms with Gasteiger partial charge in [-0.15, -0.1) is 0 Å². The SMILES string of the molecule is O=C(Nc1ccc(OC2CCN(C(=O)c3ccc[nH]3)CC2)cc1)N1Cc2ccncc2C1. The fourth-order valence-corrected chi connectivity index (χ4v) is 4.19. The Kier molecular flexibility index (Phi) is 5.49. The molecule has 164 valence electrons. The second-order valence-electron chi connectivity index (χ2n) is 8.15. The summed E-state index contributed by atoms with van der Waals surface area (Å²) >= 11 is 0. The van der Waals surface area contributed by atoms with E-state index in [0.29, 0.717) is 31.9 Å². The molecule has 8 heteroatoms. The number of ether oxygens (including phenoxy) is 1. The molecule has 2 aliphatic heterocycles. The molecule has 0 saturated carbocycles. The van der Waals surface area contributed by atoms with Gasteiger partial charge in [0.1, 0.15) is 17.5 Å². The van der Waals surface area contributed by atoms with Crippen molar-refractivity contribution in [2.24, 2.45) is 0 Å². The molecule has 2 aliphatic rings. The average molecular weight is 431 g/mol. The van der Waals surface area contributed by atoms with Crippen molar-refractivity contribution in [2.45, 2.75) is 32.0 Å². The van der Waals surface area contributed by atoms with Crippen molar-refractivity contribution in [3.63, 3.8) is 0 Å². The molecule has 0 aliphatic carbocycles. The number of fused-ring (bicyclic) bond motifs is 1. The third-order valence-electron chi connectivity index (χ3n) is 5.98. The van der Waals surface area contributed by atoms with Gasteiger partial charge in [0, 0.05) is 63.3 Å². The van der Waals surface area contributed by atoms with E-state index in [-0.39, 0.29) is 18.0 Å². The summed E-state index contributed by atoms with van der Waals surface area (Å²) in [5.41, 5.74) is 3.57.